The normalized spacial score (nSPS) is 37.5. The van der Waals surface area contributed by atoms with Crippen LogP contribution in [-0.4, -0.2) is 94.5 Å². The Morgan fingerprint density at radius 2 is 1.65 bits per heavy atom. The maximum Gasteiger partial charge on any atom is 0.340 e. The van der Waals surface area contributed by atoms with Gasteiger partial charge in [0.05, 0.1) is 29.8 Å². The Morgan fingerprint density at radius 3 is 2.17 bits per heavy atom. The number of ketones is 1. The van der Waals surface area contributed by atoms with E-state index in [2.05, 4.69) is 20.8 Å². The Labute approximate surface area is 293 Å². The van der Waals surface area contributed by atoms with Crippen molar-refractivity contribution in [3.8, 4) is 0 Å². The first-order valence-corrected chi connectivity index (χ1v) is 20.2. The first-order chi connectivity index (χ1) is 22.4. The van der Waals surface area contributed by atoms with Crippen LogP contribution in [-0.2, 0) is 28.2 Å². The van der Waals surface area contributed by atoms with Gasteiger partial charge in [-0.2, -0.15) is 0 Å². The number of carbonyl (C=O) groups is 3. The lowest BCUT2D eigenvalue weighted by Crippen LogP contribution is -2.81. The predicted molar refractivity (Wildman–Crippen MR) is 181 cm³/mol. The lowest BCUT2D eigenvalue weighted by Gasteiger charge is -2.67. The topological polar surface area (TPSA) is 149 Å². The fourth-order valence-corrected chi connectivity index (χ4v) is 12.1. The van der Waals surface area contributed by atoms with Crippen LogP contribution in [0.1, 0.15) is 71.7 Å². The fraction of sp³-hybridized carbons (Fsp3) is 0.686. The monoisotopic (exact) mass is 726 g/mol. The van der Waals surface area contributed by atoms with Gasteiger partial charge in [0.25, 0.3) is 0 Å². The van der Waals surface area contributed by atoms with Crippen LogP contribution in [0.5, 0.6) is 0 Å². The van der Waals surface area contributed by atoms with Gasteiger partial charge in [-0.15, -0.1) is 0 Å². The van der Waals surface area contributed by atoms with Crippen LogP contribution >= 0.6 is 23.2 Å². The zero-order valence-electron chi connectivity index (χ0n) is 28.6. The minimum Gasteiger partial charge on any atom is -0.456 e. The third-order valence-corrected chi connectivity index (χ3v) is 17.4. The average Bonchev–Trinajstić information content (AvgIpc) is 3.05. The van der Waals surface area contributed by atoms with E-state index in [1.807, 2.05) is 0 Å². The lowest BCUT2D eigenvalue weighted by molar-refractivity contribution is -0.342. The summed E-state index contributed by atoms with van der Waals surface area (Å²) in [5.74, 6) is -3.72. The second-order valence-electron chi connectivity index (χ2n) is 14.7. The molecule has 1 aliphatic heterocycles. The molecule has 48 heavy (non-hydrogen) atoms. The highest BCUT2D eigenvalue weighted by Gasteiger charge is 2.77. The van der Waals surface area contributed by atoms with Crippen molar-refractivity contribution < 1.29 is 48.3 Å². The van der Waals surface area contributed by atoms with Crippen LogP contribution in [0.15, 0.2) is 41.5 Å². The molecule has 1 aromatic carbocycles. The van der Waals surface area contributed by atoms with Crippen LogP contribution in [0.2, 0.25) is 18.1 Å². The van der Waals surface area contributed by atoms with Gasteiger partial charge in [0.15, 0.2) is 14.1 Å². The lowest BCUT2D eigenvalue weighted by atomic mass is 9.44. The van der Waals surface area contributed by atoms with E-state index >= 15 is 4.79 Å². The van der Waals surface area contributed by atoms with Crippen LogP contribution < -0.4 is 0 Å². The maximum absolute atomic E-state index is 15.1. The van der Waals surface area contributed by atoms with E-state index in [-0.39, 0.29) is 30.6 Å². The molecule has 9 atom stereocenters. The van der Waals surface area contributed by atoms with Gasteiger partial charge in [-0.1, -0.05) is 76.0 Å². The molecule has 5 rings (SSSR count). The number of rotatable bonds is 9. The number of benzene rings is 1. The smallest absolute Gasteiger partial charge is 0.340 e. The third-order valence-electron chi connectivity index (χ3n) is 12.3. The molecule has 266 valence electrons. The number of carbonyl (C=O) groups excluding carboxylic acids is 3. The van der Waals surface area contributed by atoms with Crippen molar-refractivity contribution in [2.75, 3.05) is 6.61 Å². The molecule has 4 aliphatic rings. The summed E-state index contributed by atoms with van der Waals surface area (Å²) >= 11 is 11.7. The van der Waals surface area contributed by atoms with Gasteiger partial charge in [0.2, 0.25) is 4.84 Å². The Balaban J connectivity index is 1.80. The molecule has 0 unspecified atom stereocenters. The van der Waals surface area contributed by atoms with Crippen molar-refractivity contribution in [2.45, 2.75) is 126 Å². The van der Waals surface area contributed by atoms with Gasteiger partial charge in [-0.05, 0) is 55.3 Å². The summed E-state index contributed by atoms with van der Waals surface area (Å²) in [5.41, 5.74) is -6.31. The Hall–Kier alpha value is -1.83. The minimum atomic E-state index is -2.43. The van der Waals surface area contributed by atoms with Crippen molar-refractivity contribution in [3.05, 3.63) is 47.0 Å². The number of aliphatic hydroxyl groups is 3. The van der Waals surface area contributed by atoms with Crippen LogP contribution in [0.4, 0.5) is 0 Å². The van der Waals surface area contributed by atoms with Crippen molar-refractivity contribution in [1.29, 1.82) is 0 Å². The molecule has 0 aromatic heterocycles. The zero-order chi connectivity index (χ0) is 35.6. The zero-order valence-corrected chi connectivity index (χ0v) is 31.1. The molecule has 0 amide bonds. The molecule has 0 radical (unpaired) electrons. The quantitative estimate of drug-likeness (QED) is 0.139. The predicted octanol–water partition coefficient (Wildman–Crippen LogP) is 4.90. The summed E-state index contributed by atoms with van der Waals surface area (Å²) in [5, 5.41) is 37.9. The van der Waals surface area contributed by atoms with E-state index in [0.717, 1.165) is 18.1 Å². The fourth-order valence-electron chi connectivity index (χ4n) is 9.02. The number of esters is 2. The van der Waals surface area contributed by atoms with Crippen molar-refractivity contribution in [1.82, 2.24) is 0 Å². The van der Waals surface area contributed by atoms with Gasteiger partial charge < -0.3 is 34.0 Å². The van der Waals surface area contributed by atoms with Gasteiger partial charge >= 0.3 is 11.9 Å². The molecule has 10 nitrogen and oxygen atoms in total. The molecule has 13 heteroatoms. The summed E-state index contributed by atoms with van der Waals surface area (Å²) in [4.78, 5) is 40.3. The number of aliphatic hydroxyl groups excluding tert-OH is 1. The second kappa shape index (κ2) is 13.1. The number of alkyl halides is 2. The maximum atomic E-state index is 15.1. The SMILES string of the molecule is CC[Si](CC)(CC)O[C@H]1C[C@H]2OC[C@@]2(O)[C@H]2[C@H](OC(=O)c3ccccc3)[C@]3(O)C[C@H](OC(=O)C(Cl)Cl)C(C)=C([C@@H](O)C(=O)[C@]12C)C3(C)C. The molecule has 1 saturated heterocycles. The van der Waals surface area contributed by atoms with Crippen molar-refractivity contribution in [2.24, 2.45) is 16.7 Å². The highest BCUT2D eigenvalue weighted by Crippen LogP contribution is 2.64. The van der Waals surface area contributed by atoms with Crippen molar-refractivity contribution >= 4 is 49.2 Å². The Bertz CT molecular complexity index is 1460. The molecule has 0 spiro atoms. The van der Waals surface area contributed by atoms with Gasteiger partial charge in [-0.3, -0.25) is 4.79 Å². The first-order valence-electron chi connectivity index (χ1n) is 16.8. The van der Waals surface area contributed by atoms with Gasteiger partial charge in [0.1, 0.15) is 29.5 Å². The van der Waals surface area contributed by atoms with E-state index in [4.69, 9.17) is 41.8 Å². The number of halogens is 2. The molecule has 2 saturated carbocycles. The standard InChI is InChI=1S/C35H48Cl2O10Si/c1-8-48(9-2,10-3)47-22-16-23-34(42,18-44-23)26-28(46-30(40)20-14-12-11-13-15-20)35(43)17-21(45-31(41)29(36)37)19(4)24(32(35,5)6)25(38)27(39)33(22,26)7/h11-15,21-23,25-26,28-29,38,42-43H,8-10,16-18H2,1-7H3/t21-,22-,23+,25+,26-,28-,33+,34-,35+/m0/s1. The van der Waals surface area contributed by atoms with Crippen LogP contribution in [0, 0.1) is 16.7 Å². The summed E-state index contributed by atoms with van der Waals surface area (Å²) in [6.45, 7) is 12.6. The highest BCUT2D eigenvalue weighted by molar-refractivity contribution is 6.73. The van der Waals surface area contributed by atoms with E-state index in [9.17, 15) is 24.9 Å². The number of hydrogen-bond acceptors (Lipinski definition) is 10. The van der Waals surface area contributed by atoms with Crippen LogP contribution in [0.25, 0.3) is 0 Å². The minimum absolute atomic E-state index is 0.128. The summed E-state index contributed by atoms with van der Waals surface area (Å²) < 4.78 is 25.0. The number of Topliss-reactive ketones (excluding diaryl/α,β-unsaturated/α-hetero) is 1. The molecule has 1 heterocycles. The molecule has 3 N–H and O–H groups in total. The van der Waals surface area contributed by atoms with Gasteiger partial charge in [0, 0.05) is 24.2 Å². The summed E-state index contributed by atoms with van der Waals surface area (Å²) in [6, 6.07) is 10.5. The highest BCUT2D eigenvalue weighted by atomic mass is 35.5. The summed E-state index contributed by atoms with van der Waals surface area (Å²) in [6.07, 6.45) is -6.34. The molecule has 2 bridgehead atoms. The second-order valence-corrected chi connectivity index (χ2v) is 20.5. The van der Waals surface area contributed by atoms with Crippen molar-refractivity contribution in [3.63, 3.8) is 0 Å². The van der Waals surface area contributed by atoms with Gasteiger partial charge in [-0.25, -0.2) is 9.59 Å². The Morgan fingerprint density at radius 1 is 1.04 bits per heavy atom. The first kappa shape index (κ1) is 37.4. The number of fused-ring (bicyclic) bond motifs is 5. The van der Waals surface area contributed by atoms with E-state index in [1.165, 1.54) is 0 Å². The molecule has 3 aliphatic carbocycles. The molecular weight excluding hydrogens is 679 g/mol. The number of ether oxygens (including phenoxy) is 3. The Kier molecular flexibility index (Phi) is 10.2. The third kappa shape index (κ3) is 5.51. The molecule has 3 fully saturated rings. The van der Waals surface area contributed by atoms with E-state index in [1.54, 1.807) is 58.0 Å². The molecule has 1 aromatic rings. The number of hydrogen-bond donors (Lipinski definition) is 3. The van der Waals surface area contributed by atoms with Crippen LogP contribution in [0.3, 0.4) is 0 Å². The average molecular weight is 728 g/mol. The molecular formula is C35H48Cl2O10Si. The largest absolute Gasteiger partial charge is 0.456 e. The van der Waals surface area contributed by atoms with E-state index < -0.39 is 89.3 Å². The van der Waals surface area contributed by atoms with E-state index in [0.29, 0.717) is 5.57 Å². The summed E-state index contributed by atoms with van der Waals surface area (Å²) in [7, 11) is -2.43.